The van der Waals surface area contributed by atoms with Crippen LogP contribution in [0.3, 0.4) is 0 Å². The SMILES string of the molecule is CNc1nc(-c2ncccn2)nc2c1CCCCC2. The molecule has 2 aromatic rings. The van der Waals surface area contributed by atoms with Gasteiger partial charge in [0.05, 0.1) is 0 Å². The minimum absolute atomic E-state index is 0.589. The predicted molar refractivity (Wildman–Crippen MR) is 73.9 cm³/mol. The van der Waals surface area contributed by atoms with Gasteiger partial charge in [0.2, 0.25) is 0 Å². The molecule has 3 rings (SSSR count). The second kappa shape index (κ2) is 5.30. The van der Waals surface area contributed by atoms with Crippen molar-refractivity contribution in [2.24, 2.45) is 0 Å². The van der Waals surface area contributed by atoms with Gasteiger partial charge in [-0.1, -0.05) is 6.42 Å². The molecule has 5 heteroatoms. The highest BCUT2D eigenvalue weighted by Crippen LogP contribution is 2.26. The summed E-state index contributed by atoms with van der Waals surface area (Å²) in [6.45, 7) is 0. The Morgan fingerprint density at radius 2 is 1.74 bits per heavy atom. The monoisotopic (exact) mass is 255 g/mol. The van der Waals surface area contributed by atoms with Gasteiger partial charge < -0.3 is 5.32 Å². The number of aryl methyl sites for hydroxylation is 1. The maximum absolute atomic E-state index is 4.68. The molecule has 1 N–H and O–H groups in total. The average Bonchev–Trinajstić information content (AvgIpc) is 2.72. The second-order valence-electron chi connectivity index (χ2n) is 4.70. The molecule has 0 atom stereocenters. The standard InChI is InChI=1S/C14H17N5/c1-15-12-10-6-3-2-4-7-11(10)18-14(19-12)13-16-8-5-9-17-13/h5,8-9H,2-4,6-7H2,1H3,(H,15,18,19). The van der Waals surface area contributed by atoms with E-state index >= 15 is 0 Å². The average molecular weight is 255 g/mol. The van der Waals surface area contributed by atoms with Crippen molar-refractivity contribution in [3.63, 3.8) is 0 Å². The molecule has 1 aliphatic rings. The topological polar surface area (TPSA) is 63.6 Å². The lowest BCUT2D eigenvalue weighted by Gasteiger charge is -2.12. The highest BCUT2D eigenvalue weighted by molar-refractivity contribution is 5.54. The Kier molecular flexibility index (Phi) is 3.35. The van der Waals surface area contributed by atoms with Gasteiger partial charge in [-0.15, -0.1) is 0 Å². The highest BCUT2D eigenvalue weighted by atomic mass is 15.1. The molecule has 98 valence electrons. The fraction of sp³-hybridized carbons (Fsp3) is 0.429. The Bertz CT molecular complexity index is 568. The first-order valence-corrected chi connectivity index (χ1v) is 6.73. The summed E-state index contributed by atoms with van der Waals surface area (Å²) in [5.41, 5.74) is 2.42. The van der Waals surface area contributed by atoms with Crippen LogP contribution >= 0.6 is 0 Å². The molecule has 0 aliphatic heterocycles. The summed E-state index contributed by atoms with van der Waals surface area (Å²) in [6.07, 6.45) is 9.19. The fourth-order valence-corrected chi connectivity index (χ4v) is 2.49. The maximum Gasteiger partial charge on any atom is 0.199 e. The number of rotatable bonds is 2. The van der Waals surface area contributed by atoms with E-state index in [1.165, 1.54) is 24.8 Å². The summed E-state index contributed by atoms with van der Waals surface area (Å²) in [5.74, 6) is 2.13. The van der Waals surface area contributed by atoms with E-state index in [1.807, 2.05) is 7.05 Å². The van der Waals surface area contributed by atoms with Gasteiger partial charge in [-0.3, -0.25) is 0 Å². The van der Waals surface area contributed by atoms with Crippen molar-refractivity contribution < 1.29 is 0 Å². The second-order valence-corrected chi connectivity index (χ2v) is 4.70. The summed E-state index contributed by atoms with van der Waals surface area (Å²) >= 11 is 0. The van der Waals surface area contributed by atoms with E-state index in [2.05, 4.69) is 25.3 Å². The summed E-state index contributed by atoms with van der Waals surface area (Å²) in [7, 11) is 1.91. The molecule has 2 heterocycles. The van der Waals surface area contributed by atoms with Crippen LogP contribution in [-0.2, 0) is 12.8 Å². The third-order valence-corrected chi connectivity index (χ3v) is 3.44. The number of hydrogen-bond acceptors (Lipinski definition) is 5. The van der Waals surface area contributed by atoms with Crippen LogP contribution in [0.1, 0.15) is 30.5 Å². The largest absolute Gasteiger partial charge is 0.373 e. The zero-order chi connectivity index (χ0) is 13.1. The van der Waals surface area contributed by atoms with Crippen LogP contribution in [0.5, 0.6) is 0 Å². The van der Waals surface area contributed by atoms with Crippen molar-refractivity contribution >= 4 is 5.82 Å². The summed E-state index contributed by atoms with van der Waals surface area (Å²) < 4.78 is 0. The molecule has 0 saturated heterocycles. The predicted octanol–water partition coefficient (Wildman–Crippen LogP) is 2.24. The van der Waals surface area contributed by atoms with Crippen LogP contribution in [0.4, 0.5) is 5.82 Å². The van der Waals surface area contributed by atoms with E-state index < -0.39 is 0 Å². The molecule has 19 heavy (non-hydrogen) atoms. The number of aromatic nitrogens is 4. The van der Waals surface area contributed by atoms with Gasteiger partial charge in [-0.25, -0.2) is 19.9 Å². The molecule has 0 radical (unpaired) electrons. The number of hydrogen-bond donors (Lipinski definition) is 1. The Balaban J connectivity index is 2.10. The van der Waals surface area contributed by atoms with E-state index in [0.29, 0.717) is 11.6 Å². The van der Waals surface area contributed by atoms with Gasteiger partial charge in [0.15, 0.2) is 11.6 Å². The molecule has 0 bridgehead atoms. The zero-order valence-corrected chi connectivity index (χ0v) is 11.1. The molecule has 2 aromatic heterocycles. The zero-order valence-electron chi connectivity index (χ0n) is 11.1. The minimum atomic E-state index is 0.589. The Labute approximate surface area is 112 Å². The minimum Gasteiger partial charge on any atom is -0.373 e. The molecule has 0 amide bonds. The highest BCUT2D eigenvalue weighted by Gasteiger charge is 2.17. The summed E-state index contributed by atoms with van der Waals surface area (Å²) in [6, 6.07) is 1.80. The molecular formula is C14H17N5. The number of nitrogens with one attached hydrogen (secondary N) is 1. The number of anilines is 1. The van der Waals surface area contributed by atoms with Gasteiger partial charge in [0.25, 0.3) is 0 Å². The van der Waals surface area contributed by atoms with Crippen LogP contribution in [0.2, 0.25) is 0 Å². The van der Waals surface area contributed by atoms with Crippen LogP contribution in [0.15, 0.2) is 18.5 Å². The van der Waals surface area contributed by atoms with Gasteiger partial charge >= 0.3 is 0 Å². The maximum atomic E-state index is 4.68. The number of fused-ring (bicyclic) bond motifs is 1. The Morgan fingerprint density at radius 1 is 0.947 bits per heavy atom. The first kappa shape index (κ1) is 12.0. The quantitative estimate of drug-likeness (QED) is 0.834. The van der Waals surface area contributed by atoms with Crippen molar-refractivity contribution in [3.8, 4) is 11.6 Å². The van der Waals surface area contributed by atoms with Crippen LogP contribution in [0, 0.1) is 0 Å². The van der Waals surface area contributed by atoms with Crippen molar-refractivity contribution in [1.29, 1.82) is 0 Å². The molecule has 0 fully saturated rings. The van der Waals surface area contributed by atoms with E-state index in [9.17, 15) is 0 Å². The Morgan fingerprint density at radius 3 is 2.53 bits per heavy atom. The number of nitrogens with zero attached hydrogens (tertiary/aromatic N) is 4. The van der Waals surface area contributed by atoms with E-state index in [1.54, 1.807) is 18.5 Å². The van der Waals surface area contributed by atoms with Gasteiger partial charge in [-0.2, -0.15) is 0 Å². The lowest BCUT2D eigenvalue weighted by atomic mass is 10.1. The van der Waals surface area contributed by atoms with Crippen molar-refractivity contribution in [2.75, 3.05) is 12.4 Å². The van der Waals surface area contributed by atoms with Gasteiger partial charge in [-0.05, 0) is 31.7 Å². The third kappa shape index (κ3) is 2.41. The smallest absolute Gasteiger partial charge is 0.199 e. The molecular weight excluding hydrogens is 238 g/mol. The first-order chi connectivity index (χ1) is 9.38. The van der Waals surface area contributed by atoms with Gasteiger partial charge in [0.1, 0.15) is 5.82 Å². The third-order valence-electron chi connectivity index (χ3n) is 3.44. The molecule has 0 aromatic carbocycles. The summed E-state index contributed by atoms with van der Waals surface area (Å²) in [5, 5.41) is 3.19. The van der Waals surface area contributed by atoms with E-state index in [-0.39, 0.29) is 0 Å². The van der Waals surface area contributed by atoms with E-state index in [4.69, 9.17) is 0 Å². The Hall–Kier alpha value is -2.04. The fourth-order valence-electron chi connectivity index (χ4n) is 2.49. The lowest BCUT2D eigenvalue weighted by molar-refractivity contribution is 0.709. The van der Waals surface area contributed by atoms with Gasteiger partial charge in [0, 0.05) is 30.7 Å². The molecule has 0 spiro atoms. The first-order valence-electron chi connectivity index (χ1n) is 6.73. The normalized spacial score (nSPS) is 14.6. The molecule has 0 saturated carbocycles. The van der Waals surface area contributed by atoms with E-state index in [0.717, 1.165) is 24.4 Å². The molecule has 0 unspecified atom stereocenters. The van der Waals surface area contributed by atoms with Crippen LogP contribution < -0.4 is 5.32 Å². The van der Waals surface area contributed by atoms with Crippen LogP contribution in [0.25, 0.3) is 11.6 Å². The molecule has 5 nitrogen and oxygen atoms in total. The lowest BCUT2D eigenvalue weighted by Crippen LogP contribution is -2.07. The van der Waals surface area contributed by atoms with Crippen molar-refractivity contribution in [2.45, 2.75) is 32.1 Å². The van der Waals surface area contributed by atoms with Crippen molar-refractivity contribution in [3.05, 3.63) is 29.7 Å². The molecule has 1 aliphatic carbocycles. The van der Waals surface area contributed by atoms with Crippen molar-refractivity contribution in [1.82, 2.24) is 19.9 Å². The summed E-state index contributed by atoms with van der Waals surface area (Å²) in [4.78, 5) is 17.7. The van der Waals surface area contributed by atoms with Crippen LogP contribution in [-0.4, -0.2) is 27.0 Å².